The van der Waals surface area contributed by atoms with Crippen molar-refractivity contribution in [3.8, 4) is 0 Å². The Labute approximate surface area is 114 Å². The number of nitrogens with one attached hydrogen (secondary N) is 1. The summed E-state index contributed by atoms with van der Waals surface area (Å²) in [7, 11) is 0. The lowest BCUT2D eigenvalue weighted by Crippen LogP contribution is -2.32. The van der Waals surface area contributed by atoms with Crippen LogP contribution in [0.25, 0.3) is 10.9 Å². The number of thioether (sulfide) groups is 1. The van der Waals surface area contributed by atoms with Gasteiger partial charge in [0, 0.05) is 33.8 Å². The van der Waals surface area contributed by atoms with Crippen molar-refractivity contribution in [1.82, 2.24) is 9.88 Å². The van der Waals surface area contributed by atoms with Gasteiger partial charge in [0.2, 0.25) is 5.91 Å². The second-order valence-electron chi connectivity index (χ2n) is 4.28. The number of hydrogen-bond donors (Lipinski definition) is 1. The Morgan fingerprint density at radius 2 is 2.28 bits per heavy atom. The van der Waals surface area contributed by atoms with Gasteiger partial charge in [0.05, 0.1) is 6.54 Å². The minimum absolute atomic E-state index is 0.00349. The molecule has 3 rings (SSSR count). The molecule has 1 aliphatic rings. The molecule has 2 aromatic rings. The summed E-state index contributed by atoms with van der Waals surface area (Å²) in [6.45, 7) is 1.38. The van der Waals surface area contributed by atoms with Crippen molar-refractivity contribution in [2.24, 2.45) is 0 Å². The number of alkyl halides is 1. The summed E-state index contributed by atoms with van der Waals surface area (Å²) < 4.78 is 0. The number of halogens is 1. The molecule has 2 heterocycles. The third-order valence-electron chi connectivity index (χ3n) is 3.15. The number of fused-ring (bicyclic) bond motifs is 3. The van der Waals surface area contributed by atoms with Crippen LogP contribution in [0.3, 0.4) is 0 Å². The van der Waals surface area contributed by atoms with Crippen LogP contribution < -0.4 is 0 Å². The minimum atomic E-state index is 0.00349. The van der Waals surface area contributed by atoms with E-state index in [1.54, 1.807) is 0 Å². The van der Waals surface area contributed by atoms with Gasteiger partial charge in [-0.1, -0.05) is 18.2 Å². The van der Waals surface area contributed by atoms with E-state index in [0.717, 1.165) is 23.5 Å². The van der Waals surface area contributed by atoms with E-state index < -0.39 is 0 Å². The van der Waals surface area contributed by atoms with E-state index >= 15 is 0 Å². The summed E-state index contributed by atoms with van der Waals surface area (Å²) >= 11 is 7.45. The Morgan fingerprint density at radius 1 is 1.44 bits per heavy atom. The summed E-state index contributed by atoms with van der Waals surface area (Å²) in [6, 6.07) is 8.25. The molecule has 5 heteroatoms. The van der Waals surface area contributed by atoms with Gasteiger partial charge < -0.3 is 9.88 Å². The van der Waals surface area contributed by atoms with Gasteiger partial charge in [-0.25, -0.2) is 0 Å². The maximum Gasteiger partial charge on any atom is 0.237 e. The zero-order valence-corrected chi connectivity index (χ0v) is 11.4. The first-order valence-corrected chi connectivity index (χ1v) is 7.37. The topological polar surface area (TPSA) is 36.1 Å². The van der Waals surface area contributed by atoms with Crippen molar-refractivity contribution in [2.45, 2.75) is 11.4 Å². The van der Waals surface area contributed by atoms with Gasteiger partial charge in [-0.3, -0.25) is 4.79 Å². The molecule has 0 bridgehead atoms. The summed E-state index contributed by atoms with van der Waals surface area (Å²) in [5.41, 5.74) is 2.26. The largest absolute Gasteiger partial charge is 0.356 e. The first-order valence-electron chi connectivity index (χ1n) is 5.85. The Morgan fingerprint density at radius 3 is 3.11 bits per heavy atom. The fourth-order valence-electron chi connectivity index (χ4n) is 2.27. The summed E-state index contributed by atoms with van der Waals surface area (Å²) in [5.74, 6) is 0.973. The first-order chi connectivity index (χ1) is 8.79. The monoisotopic (exact) mass is 280 g/mol. The average molecular weight is 281 g/mol. The molecule has 1 aliphatic heterocycles. The standard InChI is InChI=1S/C13H13ClN2OS/c14-7-12(17)16-5-6-18-13-9-3-1-2-4-10(9)15-11(13)8-16/h1-4,15H,5-8H2. The zero-order valence-electron chi connectivity index (χ0n) is 9.78. The Balaban J connectivity index is 2.02. The molecule has 1 aromatic heterocycles. The van der Waals surface area contributed by atoms with Crippen molar-refractivity contribution >= 4 is 40.2 Å². The fourth-order valence-corrected chi connectivity index (χ4v) is 3.58. The van der Waals surface area contributed by atoms with Crippen molar-refractivity contribution in [1.29, 1.82) is 0 Å². The van der Waals surface area contributed by atoms with Gasteiger partial charge in [0.25, 0.3) is 0 Å². The number of aromatic nitrogens is 1. The van der Waals surface area contributed by atoms with Crippen LogP contribution in [-0.2, 0) is 11.3 Å². The predicted molar refractivity (Wildman–Crippen MR) is 75.2 cm³/mol. The second-order valence-corrected chi connectivity index (χ2v) is 5.65. The molecule has 0 fully saturated rings. The lowest BCUT2D eigenvalue weighted by atomic mass is 10.2. The van der Waals surface area contributed by atoms with Crippen LogP contribution in [0, 0.1) is 0 Å². The number of benzene rings is 1. The normalized spacial score (nSPS) is 15.5. The number of hydrogen-bond acceptors (Lipinski definition) is 2. The summed E-state index contributed by atoms with van der Waals surface area (Å²) in [6.07, 6.45) is 0. The van der Waals surface area contributed by atoms with Crippen LogP contribution in [0.15, 0.2) is 29.2 Å². The molecule has 1 aromatic carbocycles. The highest BCUT2D eigenvalue weighted by Gasteiger charge is 2.21. The van der Waals surface area contributed by atoms with E-state index in [1.807, 2.05) is 28.8 Å². The number of carbonyl (C=O) groups excluding carboxylic acids is 1. The number of rotatable bonds is 1. The van der Waals surface area contributed by atoms with E-state index in [2.05, 4.69) is 17.1 Å². The molecule has 1 N–H and O–H groups in total. The van der Waals surface area contributed by atoms with Gasteiger partial charge in [0.1, 0.15) is 5.88 Å². The SMILES string of the molecule is O=C(CCl)N1CCSc2c([nH]c3ccccc23)C1. The van der Waals surface area contributed by atoms with Crippen molar-refractivity contribution in [3.63, 3.8) is 0 Å². The van der Waals surface area contributed by atoms with E-state index in [4.69, 9.17) is 11.6 Å². The smallest absolute Gasteiger partial charge is 0.237 e. The molecular formula is C13H13ClN2OS. The van der Waals surface area contributed by atoms with E-state index in [9.17, 15) is 4.79 Å². The number of H-pyrrole nitrogens is 1. The van der Waals surface area contributed by atoms with Crippen LogP contribution in [0.1, 0.15) is 5.69 Å². The number of para-hydroxylation sites is 1. The Kier molecular flexibility index (Phi) is 3.22. The molecule has 0 aliphatic carbocycles. The highest BCUT2D eigenvalue weighted by molar-refractivity contribution is 7.99. The lowest BCUT2D eigenvalue weighted by Gasteiger charge is -2.18. The van der Waals surface area contributed by atoms with Crippen LogP contribution in [0.5, 0.6) is 0 Å². The molecule has 0 spiro atoms. The number of nitrogens with zero attached hydrogens (tertiary/aromatic N) is 1. The van der Waals surface area contributed by atoms with Crippen LogP contribution in [0.2, 0.25) is 0 Å². The lowest BCUT2D eigenvalue weighted by molar-refractivity contribution is -0.128. The maximum absolute atomic E-state index is 11.7. The van der Waals surface area contributed by atoms with Crippen LogP contribution in [0.4, 0.5) is 0 Å². The highest BCUT2D eigenvalue weighted by Crippen LogP contribution is 2.34. The minimum Gasteiger partial charge on any atom is -0.356 e. The third kappa shape index (κ3) is 1.99. The zero-order chi connectivity index (χ0) is 12.5. The van der Waals surface area contributed by atoms with Crippen molar-refractivity contribution in [2.75, 3.05) is 18.2 Å². The molecular weight excluding hydrogens is 268 g/mol. The fraction of sp³-hybridized carbons (Fsp3) is 0.308. The van der Waals surface area contributed by atoms with Crippen molar-refractivity contribution in [3.05, 3.63) is 30.0 Å². The number of carbonyl (C=O) groups is 1. The predicted octanol–water partition coefficient (Wildman–Crippen LogP) is 2.84. The van der Waals surface area contributed by atoms with Gasteiger partial charge in [0.15, 0.2) is 0 Å². The third-order valence-corrected chi connectivity index (χ3v) is 4.53. The number of aromatic amines is 1. The number of amides is 1. The molecule has 0 saturated heterocycles. The quantitative estimate of drug-likeness (QED) is 0.816. The maximum atomic E-state index is 11.7. The van der Waals surface area contributed by atoms with Gasteiger partial charge in [-0.15, -0.1) is 23.4 Å². The summed E-state index contributed by atoms with van der Waals surface area (Å²) in [5, 5.41) is 1.25. The Bertz CT molecular complexity index is 596. The average Bonchev–Trinajstić information content (AvgIpc) is 2.61. The van der Waals surface area contributed by atoms with E-state index in [0.29, 0.717) is 6.54 Å². The van der Waals surface area contributed by atoms with Gasteiger partial charge >= 0.3 is 0 Å². The van der Waals surface area contributed by atoms with E-state index in [-0.39, 0.29) is 11.8 Å². The van der Waals surface area contributed by atoms with Crippen LogP contribution >= 0.6 is 23.4 Å². The molecule has 94 valence electrons. The second kappa shape index (κ2) is 4.86. The Hall–Kier alpha value is -1.13. The van der Waals surface area contributed by atoms with E-state index in [1.165, 1.54) is 10.3 Å². The molecule has 1 amide bonds. The molecule has 0 unspecified atom stereocenters. The molecule has 3 nitrogen and oxygen atoms in total. The van der Waals surface area contributed by atoms with Gasteiger partial charge in [-0.2, -0.15) is 0 Å². The highest BCUT2D eigenvalue weighted by atomic mass is 35.5. The molecule has 0 radical (unpaired) electrons. The molecule has 0 atom stereocenters. The molecule has 0 saturated carbocycles. The first kappa shape index (κ1) is 11.9. The van der Waals surface area contributed by atoms with Crippen molar-refractivity contribution < 1.29 is 4.79 Å². The van der Waals surface area contributed by atoms with Gasteiger partial charge in [-0.05, 0) is 6.07 Å². The molecule has 18 heavy (non-hydrogen) atoms. The van der Waals surface area contributed by atoms with Crippen LogP contribution in [-0.4, -0.2) is 34.0 Å². The summed E-state index contributed by atoms with van der Waals surface area (Å²) in [4.78, 5) is 18.2.